The third-order valence-corrected chi connectivity index (χ3v) is 3.22. The normalized spacial score (nSPS) is 17.6. The second-order valence-corrected chi connectivity index (χ2v) is 4.96. The number of nitrogen functional groups attached to an aromatic ring is 1. The third kappa shape index (κ3) is 2.54. The molecule has 0 saturated carbocycles. The molecule has 1 fully saturated rings. The van der Waals surface area contributed by atoms with Crippen LogP contribution in [0.2, 0.25) is 0 Å². The van der Waals surface area contributed by atoms with E-state index in [4.69, 9.17) is 10.5 Å². The molecule has 0 radical (unpaired) electrons. The molecule has 1 saturated heterocycles. The molecule has 0 amide bonds. The van der Waals surface area contributed by atoms with E-state index in [0.717, 1.165) is 43.3 Å². The van der Waals surface area contributed by atoms with E-state index in [0.29, 0.717) is 12.0 Å². The number of nitrogens with one attached hydrogen (secondary N) is 1. The number of hydrogen-bond acceptors (Lipinski definition) is 4. The molecule has 1 aliphatic heterocycles. The Balaban J connectivity index is 2.14. The Kier molecular flexibility index (Phi) is 3.57. The summed E-state index contributed by atoms with van der Waals surface area (Å²) in [4.78, 5) is 0. The molecule has 2 heterocycles. The summed E-state index contributed by atoms with van der Waals surface area (Å²) < 4.78 is 7.19. The highest BCUT2D eigenvalue weighted by Crippen LogP contribution is 2.29. The van der Waals surface area contributed by atoms with E-state index in [9.17, 15) is 0 Å². The van der Waals surface area contributed by atoms with Gasteiger partial charge in [-0.05, 0) is 18.8 Å². The first kappa shape index (κ1) is 12.2. The highest BCUT2D eigenvalue weighted by atomic mass is 16.5. The highest BCUT2D eigenvalue weighted by Gasteiger charge is 2.20. The van der Waals surface area contributed by atoms with Crippen molar-refractivity contribution in [2.75, 3.05) is 24.3 Å². The summed E-state index contributed by atoms with van der Waals surface area (Å²) in [5, 5.41) is 7.96. The van der Waals surface area contributed by atoms with Crippen molar-refractivity contribution in [1.29, 1.82) is 0 Å². The van der Waals surface area contributed by atoms with Gasteiger partial charge in [-0.15, -0.1) is 0 Å². The maximum Gasteiger partial charge on any atom is 0.148 e. The zero-order valence-electron chi connectivity index (χ0n) is 10.9. The van der Waals surface area contributed by atoms with Crippen LogP contribution >= 0.6 is 0 Å². The smallest absolute Gasteiger partial charge is 0.148 e. The Morgan fingerprint density at radius 2 is 2.06 bits per heavy atom. The number of hydrogen-bond donors (Lipinski definition) is 2. The molecule has 17 heavy (non-hydrogen) atoms. The van der Waals surface area contributed by atoms with Crippen LogP contribution in [0.5, 0.6) is 0 Å². The van der Waals surface area contributed by atoms with Gasteiger partial charge in [0.25, 0.3) is 0 Å². The molecule has 0 bridgehead atoms. The molecule has 0 atom stereocenters. The average Bonchev–Trinajstić information content (AvgIpc) is 2.58. The van der Waals surface area contributed by atoms with Crippen LogP contribution in [0.15, 0.2) is 0 Å². The lowest BCUT2D eigenvalue weighted by Gasteiger charge is -2.24. The van der Waals surface area contributed by atoms with Crippen molar-refractivity contribution in [3.8, 4) is 0 Å². The van der Waals surface area contributed by atoms with E-state index < -0.39 is 0 Å². The van der Waals surface area contributed by atoms with E-state index in [2.05, 4.69) is 24.3 Å². The molecule has 0 aliphatic carbocycles. The second-order valence-electron chi connectivity index (χ2n) is 4.96. The maximum atomic E-state index is 6.15. The number of nitrogens with zero attached hydrogens (tertiary/aromatic N) is 2. The fourth-order valence-corrected chi connectivity index (χ4v) is 2.19. The fraction of sp³-hybridized carbons (Fsp3) is 0.750. The quantitative estimate of drug-likeness (QED) is 0.841. The molecule has 1 aromatic rings. The topological polar surface area (TPSA) is 65.1 Å². The Hall–Kier alpha value is -1.23. The van der Waals surface area contributed by atoms with E-state index in [-0.39, 0.29) is 0 Å². The zero-order chi connectivity index (χ0) is 12.4. The minimum atomic E-state index is 0.353. The summed E-state index contributed by atoms with van der Waals surface area (Å²) in [5.74, 6) is 1.30. The summed E-state index contributed by atoms with van der Waals surface area (Å²) in [6, 6.07) is 0.446. The van der Waals surface area contributed by atoms with Gasteiger partial charge in [-0.25, -0.2) is 0 Å². The third-order valence-electron chi connectivity index (χ3n) is 3.22. The Labute approximate surface area is 102 Å². The van der Waals surface area contributed by atoms with Crippen LogP contribution in [0.4, 0.5) is 11.5 Å². The van der Waals surface area contributed by atoms with Gasteiger partial charge in [-0.3, -0.25) is 4.68 Å². The first-order valence-corrected chi connectivity index (χ1v) is 6.26. The summed E-state index contributed by atoms with van der Waals surface area (Å²) >= 11 is 0. The standard InChI is InChI=1S/C12H22N4O/c1-8(2)11-10(13)12(16(3)15-11)14-9-4-6-17-7-5-9/h8-9,14H,4-7,13H2,1-3H3. The van der Waals surface area contributed by atoms with Crippen LogP contribution in [0.3, 0.4) is 0 Å². The van der Waals surface area contributed by atoms with Gasteiger partial charge in [0.15, 0.2) is 0 Å². The SMILES string of the molecule is CC(C)c1nn(C)c(NC2CCOCC2)c1N. The average molecular weight is 238 g/mol. The lowest BCUT2D eigenvalue weighted by molar-refractivity contribution is 0.0903. The maximum absolute atomic E-state index is 6.15. The van der Waals surface area contributed by atoms with Crippen molar-refractivity contribution < 1.29 is 4.74 Å². The monoisotopic (exact) mass is 238 g/mol. The van der Waals surface area contributed by atoms with Crippen molar-refractivity contribution in [1.82, 2.24) is 9.78 Å². The van der Waals surface area contributed by atoms with Gasteiger partial charge in [-0.2, -0.15) is 5.10 Å². The molecule has 2 rings (SSSR count). The van der Waals surface area contributed by atoms with Gasteiger partial charge < -0.3 is 15.8 Å². The van der Waals surface area contributed by atoms with Crippen LogP contribution in [-0.2, 0) is 11.8 Å². The van der Waals surface area contributed by atoms with Crippen LogP contribution in [0, 0.1) is 0 Å². The molecule has 3 N–H and O–H groups in total. The second kappa shape index (κ2) is 4.96. The van der Waals surface area contributed by atoms with Crippen molar-refractivity contribution in [2.24, 2.45) is 7.05 Å². The Morgan fingerprint density at radius 1 is 1.41 bits per heavy atom. The van der Waals surface area contributed by atoms with E-state index in [1.807, 2.05) is 11.7 Å². The minimum Gasteiger partial charge on any atom is -0.394 e. The van der Waals surface area contributed by atoms with Crippen LogP contribution in [0.1, 0.15) is 38.3 Å². The van der Waals surface area contributed by atoms with Crippen LogP contribution in [0.25, 0.3) is 0 Å². The molecule has 0 unspecified atom stereocenters. The number of aromatic nitrogens is 2. The summed E-state index contributed by atoms with van der Waals surface area (Å²) in [7, 11) is 1.93. The van der Waals surface area contributed by atoms with Crippen molar-refractivity contribution in [3.05, 3.63) is 5.69 Å². The summed E-state index contributed by atoms with van der Waals surface area (Å²) in [6.07, 6.45) is 2.06. The molecule has 0 spiro atoms. The lowest BCUT2D eigenvalue weighted by Crippen LogP contribution is -2.29. The first-order valence-electron chi connectivity index (χ1n) is 6.26. The molecule has 0 aromatic carbocycles. The summed E-state index contributed by atoms with van der Waals surface area (Å²) in [6.45, 7) is 5.87. The van der Waals surface area contributed by atoms with E-state index >= 15 is 0 Å². The Morgan fingerprint density at radius 3 is 2.59 bits per heavy atom. The minimum absolute atomic E-state index is 0.353. The van der Waals surface area contributed by atoms with Crippen molar-refractivity contribution in [2.45, 2.75) is 38.6 Å². The lowest BCUT2D eigenvalue weighted by atomic mass is 10.1. The number of rotatable bonds is 3. The van der Waals surface area contributed by atoms with Gasteiger partial charge in [0.2, 0.25) is 0 Å². The van der Waals surface area contributed by atoms with Gasteiger partial charge in [0, 0.05) is 26.3 Å². The number of ether oxygens (including phenoxy) is 1. The number of aryl methyl sites for hydroxylation is 1. The predicted octanol–water partition coefficient (Wildman–Crippen LogP) is 1.72. The van der Waals surface area contributed by atoms with E-state index in [1.54, 1.807) is 0 Å². The van der Waals surface area contributed by atoms with Crippen molar-refractivity contribution in [3.63, 3.8) is 0 Å². The molecule has 1 aliphatic rings. The largest absolute Gasteiger partial charge is 0.394 e. The van der Waals surface area contributed by atoms with Crippen LogP contribution in [-0.4, -0.2) is 29.0 Å². The van der Waals surface area contributed by atoms with Crippen LogP contribution < -0.4 is 11.1 Å². The molecule has 5 heteroatoms. The molecule has 1 aromatic heterocycles. The highest BCUT2D eigenvalue weighted by molar-refractivity contribution is 5.66. The summed E-state index contributed by atoms with van der Waals surface area (Å²) in [5.41, 5.74) is 7.91. The molecule has 96 valence electrons. The first-order chi connectivity index (χ1) is 8.09. The molecular weight excluding hydrogens is 216 g/mol. The number of anilines is 2. The van der Waals surface area contributed by atoms with E-state index in [1.165, 1.54) is 0 Å². The van der Waals surface area contributed by atoms with Gasteiger partial charge >= 0.3 is 0 Å². The van der Waals surface area contributed by atoms with Gasteiger partial charge in [0.05, 0.1) is 11.4 Å². The van der Waals surface area contributed by atoms with Gasteiger partial charge in [0.1, 0.15) is 5.82 Å². The predicted molar refractivity (Wildman–Crippen MR) is 69.2 cm³/mol. The number of nitrogens with two attached hydrogens (primary N) is 1. The molecular formula is C12H22N4O. The zero-order valence-corrected chi connectivity index (χ0v) is 10.9. The fourth-order valence-electron chi connectivity index (χ4n) is 2.19. The van der Waals surface area contributed by atoms with Crippen molar-refractivity contribution >= 4 is 11.5 Å². The van der Waals surface area contributed by atoms with Gasteiger partial charge in [-0.1, -0.05) is 13.8 Å². The molecule has 5 nitrogen and oxygen atoms in total. The Bertz CT molecular complexity index is 380.